The molecule has 0 bridgehead atoms. The quantitative estimate of drug-likeness (QED) is 0.855. The predicted molar refractivity (Wildman–Crippen MR) is 81.3 cm³/mol. The average molecular weight is 325 g/mol. The van der Waals surface area contributed by atoms with Crippen molar-refractivity contribution in [2.75, 3.05) is 11.5 Å². The molecular formula is C14H13ClN2O3S. The molecule has 0 saturated carbocycles. The maximum absolute atomic E-state index is 12.2. The Bertz CT molecular complexity index is 820. The summed E-state index contributed by atoms with van der Waals surface area (Å²) in [5.74, 6) is -0.297. The molecule has 0 spiro atoms. The first-order valence-corrected chi connectivity index (χ1v) is 8.71. The van der Waals surface area contributed by atoms with Crippen LogP contribution in [0.3, 0.4) is 0 Å². The number of carbonyl (C=O) groups excluding carboxylic acids is 1. The van der Waals surface area contributed by atoms with Gasteiger partial charge in [-0.3, -0.25) is 4.79 Å². The molecule has 1 fully saturated rings. The minimum absolute atomic E-state index is 0.0138. The predicted octanol–water partition coefficient (Wildman–Crippen LogP) is 1.81. The monoisotopic (exact) mass is 324 g/mol. The maximum atomic E-state index is 12.2. The van der Waals surface area contributed by atoms with E-state index >= 15 is 0 Å². The van der Waals surface area contributed by atoms with E-state index in [9.17, 15) is 13.2 Å². The fourth-order valence-electron chi connectivity index (χ4n) is 2.44. The number of rotatable bonds is 2. The van der Waals surface area contributed by atoms with Gasteiger partial charge in [0.2, 0.25) is 0 Å². The largest absolute Gasteiger partial charge is 0.347 e. The van der Waals surface area contributed by atoms with E-state index in [-0.39, 0.29) is 28.4 Å². The summed E-state index contributed by atoms with van der Waals surface area (Å²) in [7, 11) is -3.03. The number of benzene rings is 1. The molecule has 110 valence electrons. The van der Waals surface area contributed by atoms with Crippen molar-refractivity contribution in [3.05, 3.63) is 41.2 Å². The topological polar surface area (TPSA) is 76.1 Å². The van der Waals surface area contributed by atoms with Gasteiger partial charge in [0, 0.05) is 11.4 Å². The molecule has 2 aromatic rings. The molecule has 1 unspecified atom stereocenters. The van der Waals surface area contributed by atoms with Crippen LogP contribution in [0, 0.1) is 0 Å². The van der Waals surface area contributed by atoms with E-state index in [4.69, 9.17) is 11.6 Å². The van der Waals surface area contributed by atoms with Crippen LogP contribution >= 0.6 is 11.6 Å². The summed E-state index contributed by atoms with van der Waals surface area (Å²) in [5, 5.41) is 4.56. The first kappa shape index (κ1) is 14.3. The zero-order valence-electron chi connectivity index (χ0n) is 11.0. The molecule has 0 radical (unpaired) electrons. The molecular weight excluding hydrogens is 312 g/mol. The third-order valence-electron chi connectivity index (χ3n) is 3.49. The van der Waals surface area contributed by atoms with E-state index in [1.807, 2.05) is 24.3 Å². The molecule has 1 saturated heterocycles. The molecule has 0 aliphatic carbocycles. The van der Waals surface area contributed by atoms with Crippen molar-refractivity contribution in [3.63, 3.8) is 0 Å². The lowest BCUT2D eigenvalue weighted by Crippen LogP contribution is -2.36. The average Bonchev–Trinajstić information content (AvgIpc) is 2.78. The van der Waals surface area contributed by atoms with Crippen LogP contribution in [0.5, 0.6) is 0 Å². The van der Waals surface area contributed by atoms with Gasteiger partial charge in [-0.25, -0.2) is 13.4 Å². The summed E-state index contributed by atoms with van der Waals surface area (Å²) in [6.45, 7) is 0. The van der Waals surface area contributed by atoms with Crippen molar-refractivity contribution < 1.29 is 13.2 Å². The first-order valence-electron chi connectivity index (χ1n) is 6.51. The van der Waals surface area contributed by atoms with Crippen molar-refractivity contribution in [2.24, 2.45) is 0 Å². The normalized spacial score (nSPS) is 20.5. The third kappa shape index (κ3) is 3.01. The van der Waals surface area contributed by atoms with Gasteiger partial charge in [-0.2, -0.15) is 0 Å². The van der Waals surface area contributed by atoms with Gasteiger partial charge >= 0.3 is 0 Å². The zero-order chi connectivity index (χ0) is 15.0. The molecule has 1 aromatic heterocycles. The number of hydrogen-bond donors (Lipinski definition) is 1. The Labute approximate surface area is 127 Å². The van der Waals surface area contributed by atoms with Gasteiger partial charge < -0.3 is 5.32 Å². The lowest BCUT2D eigenvalue weighted by molar-refractivity contribution is 0.0936. The number of hydrogen-bond acceptors (Lipinski definition) is 4. The number of aromatic nitrogens is 1. The van der Waals surface area contributed by atoms with Crippen molar-refractivity contribution in [1.29, 1.82) is 0 Å². The highest BCUT2D eigenvalue weighted by Gasteiger charge is 2.29. The molecule has 1 N–H and O–H groups in total. The lowest BCUT2D eigenvalue weighted by Gasteiger charge is -2.11. The Morgan fingerprint density at radius 3 is 2.81 bits per heavy atom. The highest BCUT2D eigenvalue weighted by molar-refractivity contribution is 7.91. The van der Waals surface area contributed by atoms with E-state index in [1.165, 1.54) is 0 Å². The van der Waals surface area contributed by atoms with Crippen molar-refractivity contribution in [2.45, 2.75) is 12.5 Å². The van der Waals surface area contributed by atoms with Gasteiger partial charge in [0.05, 0.1) is 11.5 Å². The fraction of sp³-hybridized carbons (Fsp3) is 0.286. The standard InChI is InChI=1S/C14H13ClN2O3S/c15-13-11-4-2-1-3-9(11)7-12(17-13)14(18)16-10-5-6-21(19,20)8-10/h1-4,7,10H,5-6,8H2,(H,16,18). The van der Waals surface area contributed by atoms with Crippen LogP contribution in [-0.4, -0.2) is 36.9 Å². The summed E-state index contributed by atoms with van der Waals surface area (Å²) in [6, 6.07) is 8.67. The van der Waals surface area contributed by atoms with Crippen LogP contribution in [0.25, 0.3) is 10.8 Å². The Kier molecular flexibility index (Phi) is 3.59. The zero-order valence-corrected chi connectivity index (χ0v) is 12.6. The molecule has 21 heavy (non-hydrogen) atoms. The Morgan fingerprint density at radius 2 is 2.10 bits per heavy atom. The molecule has 1 atom stereocenters. The van der Waals surface area contributed by atoms with Crippen LogP contribution < -0.4 is 5.32 Å². The maximum Gasteiger partial charge on any atom is 0.270 e. The van der Waals surface area contributed by atoms with Gasteiger partial charge in [-0.15, -0.1) is 0 Å². The SMILES string of the molecule is O=C(NC1CCS(=O)(=O)C1)c1cc2ccccc2c(Cl)n1. The van der Waals surface area contributed by atoms with E-state index in [1.54, 1.807) is 6.07 Å². The number of carbonyl (C=O) groups is 1. The molecule has 1 aliphatic rings. The summed E-state index contributed by atoms with van der Waals surface area (Å²) in [5.41, 5.74) is 0.197. The summed E-state index contributed by atoms with van der Waals surface area (Å²) in [4.78, 5) is 16.3. The summed E-state index contributed by atoms with van der Waals surface area (Å²) < 4.78 is 22.8. The second-order valence-corrected chi connectivity index (χ2v) is 7.68. The van der Waals surface area contributed by atoms with Gasteiger partial charge in [-0.05, 0) is 17.9 Å². The van der Waals surface area contributed by atoms with Crippen molar-refractivity contribution in [3.8, 4) is 0 Å². The van der Waals surface area contributed by atoms with Crippen LogP contribution in [0.4, 0.5) is 0 Å². The van der Waals surface area contributed by atoms with Crippen LogP contribution in [0.15, 0.2) is 30.3 Å². The first-order chi connectivity index (χ1) is 9.94. The molecule has 7 heteroatoms. The van der Waals surface area contributed by atoms with Crippen molar-refractivity contribution in [1.82, 2.24) is 10.3 Å². The number of amides is 1. The second kappa shape index (κ2) is 5.27. The molecule has 2 heterocycles. The molecule has 1 aliphatic heterocycles. The number of nitrogens with zero attached hydrogens (tertiary/aromatic N) is 1. The highest BCUT2D eigenvalue weighted by Crippen LogP contribution is 2.22. The summed E-state index contributed by atoms with van der Waals surface area (Å²) in [6.07, 6.45) is 0.440. The van der Waals surface area contributed by atoms with Crippen LogP contribution in [0.2, 0.25) is 5.15 Å². The number of halogens is 1. The van der Waals surface area contributed by atoms with Gasteiger partial charge in [0.1, 0.15) is 10.8 Å². The Balaban J connectivity index is 1.85. The smallest absolute Gasteiger partial charge is 0.270 e. The lowest BCUT2D eigenvalue weighted by atomic mass is 10.1. The minimum atomic E-state index is -3.03. The Hall–Kier alpha value is -1.66. The van der Waals surface area contributed by atoms with Crippen LogP contribution in [-0.2, 0) is 9.84 Å². The molecule has 3 rings (SSSR count). The van der Waals surface area contributed by atoms with E-state index in [0.717, 1.165) is 10.8 Å². The molecule has 1 aromatic carbocycles. The van der Waals surface area contributed by atoms with Crippen molar-refractivity contribution >= 4 is 38.1 Å². The molecule has 5 nitrogen and oxygen atoms in total. The highest BCUT2D eigenvalue weighted by atomic mass is 35.5. The number of pyridine rings is 1. The van der Waals surface area contributed by atoms with Gasteiger partial charge in [0.15, 0.2) is 9.84 Å². The number of sulfone groups is 1. The second-order valence-electron chi connectivity index (χ2n) is 5.09. The summed E-state index contributed by atoms with van der Waals surface area (Å²) >= 11 is 6.08. The van der Waals surface area contributed by atoms with E-state index in [0.29, 0.717) is 6.42 Å². The number of fused-ring (bicyclic) bond motifs is 1. The van der Waals surface area contributed by atoms with E-state index in [2.05, 4.69) is 10.3 Å². The van der Waals surface area contributed by atoms with Crippen LogP contribution in [0.1, 0.15) is 16.9 Å². The minimum Gasteiger partial charge on any atom is -0.347 e. The third-order valence-corrected chi connectivity index (χ3v) is 5.55. The fourth-order valence-corrected chi connectivity index (χ4v) is 4.38. The Morgan fingerprint density at radius 1 is 1.33 bits per heavy atom. The molecule has 1 amide bonds. The number of nitrogens with one attached hydrogen (secondary N) is 1. The van der Waals surface area contributed by atoms with Gasteiger partial charge in [0.25, 0.3) is 5.91 Å². The van der Waals surface area contributed by atoms with Gasteiger partial charge in [-0.1, -0.05) is 35.9 Å². The van der Waals surface area contributed by atoms with E-state index < -0.39 is 15.7 Å².